The smallest absolute Gasteiger partial charge is 0.161 e. The summed E-state index contributed by atoms with van der Waals surface area (Å²) in [6.45, 7) is 2.19. The minimum atomic E-state index is 0.425. The molecule has 2 aromatic carbocycles. The van der Waals surface area contributed by atoms with E-state index in [1.165, 1.54) is 22.3 Å². The second-order valence-corrected chi connectivity index (χ2v) is 6.80. The van der Waals surface area contributed by atoms with E-state index in [0.717, 1.165) is 49.6 Å². The van der Waals surface area contributed by atoms with Crippen LogP contribution in [-0.2, 0) is 19.3 Å². The Balaban J connectivity index is 1.73. The molecule has 4 nitrogen and oxygen atoms in total. The van der Waals surface area contributed by atoms with Crippen LogP contribution in [0.1, 0.15) is 28.3 Å². The second-order valence-electron chi connectivity index (χ2n) is 6.80. The first-order valence-corrected chi connectivity index (χ1v) is 8.88. The van der Waals surface area contributed by atoms with Gasteiger partial charge in [0, 0.05) is 19.1 Å². The molecule has 25 heavy (non-hydrogen) atoms. The van der Waals surface area contributed by atoms with E-state index >= 15 is 0 Å². The highest BCUT2D eigenvalue weighted by Crippen LogP contribution is 2.39. The van der Waals surface area contributed by atoms with Crippen molar-refractivity contribution in [1.29, 1.82) is 0 Å². The molecule has 2 aromatic rings. The molecule has 2 heterocycles. The number of nitrogens with zero attached hydrogens (tertiary/aromatic N) is 1. The number of benzene rings is 2. The van der Waals surface area contributed by atoms with Gasteiger partial charge in [-0.25, -0.2) is 0 Å². The van der Waals surface area contributed by atoms with Crippen molar-refractivity contribution in [3.8, 4) is 17.2 Å². The Morgan fingerprint density at radius 3 is 2.16 bits per heavy atom. The third-order valence-corrected chi connectivity index (χ3v) is 5.61. The molecule has 0 saturated heterocycles. The van der Waals surface area contributed by atoms with Crippen LogP contribution in [-0.4, -0.2) is 39.3 Å². The monoisotopic (exact) mass is 339 g/mol. The molecule has 0 spiro atoms. The zero-order chi connectivity index (χ0) is 17.4. The Kier molecular flexibility index (Phi) is 4.30. The summed E-state index contributed by atoms with van der Waals surface area (Å²) in [7, 11) is 5.14. The normalized spacial score (nSPS) is 19.2. The summed E-state index contributed by atoms with van der Waals surface area (Å²) in [5.74, 6) is 2.60. The zero-order valence-electron chi connectivity index (χ0n) is 15.2. The van der Waals surface area contributed by atoms with Crippen molar-refractivity contribution in [3.05, 3.63) is 52.6 Å². The van der Waals surface area contributed by atoms with Gasteiger partial charge < -0.3 is 14.2 Å². The Labute approximate surface area is 149 Å². The quantitative estimate of drug-likeness (QED) is 0.857. The number of hydrogen-bond acceptors (Lipinski definition) is 4. The van der Waals surface area contributed by atoms with E-state index in [1.807, 2.05) is 0 Å². The number of ether oxygens (including phenoxy) is 3. The van der Waals surface area contributed by atoms with E-state index in [0.29, 0.717) is 6.04 Å². The lowest BCUT2D eigenvalue weighted by atomic mass is 9.88. The molecule has 132 valence electrons. The lowest BCUT2D eigenvalue weighted by molar-refractivity contribution is 0.192. The molecule has 0 bridgehead atoms. The number of methoxy groups -OCH3 is 3. The predicted molar refractivity (Wildman–Crippen MR) is 98.0 cm³/mol. The molecule has 0 radical (unpaired) electrons. The number of hydrogen-bond donors (Lipinski definition) is 0. The molecule has 4 heteroatoms. The van der Waals surface area contributed by atoms with Gasteiger partial charge in [0.15, 0.2) is 11.5 Å². The minimum absolute atomic E-state index is 0.425. The predicted octanol–water partition coefficient (Wildman–Crippen LogP) is 3.41. The van der Waals surface area contributed by atoms with Gasteiger partial charge in [0.1, 0.15) is 5.75 Å². The van der Waals surface area contributed by atoms with Crippen molar-refractivity contribution in [2.75, 3.05) is 34.4 Å². The van der Waals surface area contributed by atoms with Crippen LogP contribution < -0.4 is 14.2 Å². The maximum Gasteiger partial charge on any atom is 0.161 e. The summed E-state index contributed by atoms with van der Waals surface area (Å²) in [6.07, 6.45) is 3.15. The third-order valence-electron chi connectivity index (χ3n) is 5.61. The van der Waals surface area contributed by atoms with Crippen LogP contribution in [0, 0.1) is 0 Å². The average Bonchev–Trinajstić information content (AvgIpc) is 2.85. The van der Waals surface area contributed by atoms with Gasteiger partial charge in [-0.05, 0) is 65.8 Å². The van der Waals surface area contributed by atoms with Crippen molar-refractivity contribution in [3.63, 3.8) is 0 Å². The summed E-state index contributed by atoms with van der Waals surface area (Å²) >= 11 is 0. The molecule has 2 aliphatic rings. The van der Waals surface area contributed by atoms with E-state index in [2.05, 4.69) is 35.2 Å². The van der Waals surface area contributed by atoms with E-state index < -0.39 is 0 Å². The number of rotatable bonds is 3. The van der Waals surface area contributed by atoms with E-state index in [4.69, 9.17) is 14.2 Å². The van der Waals surface area contributed by atoms with Gasteiger partial charge in [0.25, 0.3) is 0 Å². The first-order valence-electron chi connectivity index (χ1n) is 8.88. The van der Waals surface area contributed by atoms with Gasteiger partial charge >= 0.3 is 0 Å². The molecule has 1 unspecified atom stereocenters. The van der Waals surface area contributed by atoms with E-state index in [1.54, 1.807) is 21.3 Å². The van der Waals surface area contributed by atoms with Crippen LogP contribution >= 0.6 is 0 Å². The summed E-state index contributed by atoms with van der Waals surface area (Å²) in [6, 6.07) is 11.3. The van der Waals surface area contributed by atoms with Crippen molar-refractivity contribution >= 4 is 0 Å². The summed E-state index contributed by atoms with van der Waals surface area (Å²) in [5, 5.41) is 0. The minimum Gasteiger partial charge on any atom is -0.497 e. The standard InChI is InChI=1S/C21H25NO3/c1-23-17-4-5-18-15(10-17)7-9-22-8-6-14-12-20(24-2)21(25-3)13-16(14)11-19(18)22/h4-5,10,12-13,19H,6-9,11H2,1-3H3. The third kappa shape index (κ3) is 2.85. The average molecular weight is 339 g/mol. The van der Waals surface area contributed by atoms with Gasteiger partial charge in [-0.3, -0.25) is 4.90 Å². The molecule has 0 N–H and O–H groups in total. The molecule has 0 amide bonds. The van der Waals surface area contributed by atoms with Gasteiger partial charge in [-0.2, -0.15) is 0 Å². The number of fused-ring (bicyclic) bond motifs is 4. The fourth-order valence-corrected chi connectivity index (χ4v) is 4.23. The van der Waals surface area contributed by atoms with E-state index in [9.17, 15) is 0 Å². The summed E-state index contributed by atoms with van der Waals surface area (Å²) in [5.41, 5.74) is 5.61. The summed E-state index contributed by atoms with van der Waals surface area (Å²) < 4.78 is 16.4. The summed E-state index contributed by atoms with van der Waals surface area (Å²) in [4.78, 5) is 2.62. The van der Waals surface area contributed by atoms with Crippen molar-refractivity contribution in [2.24, 2.45) is 0 Å². The van der Waals surface area contributed by atoms with Crippen LogP contribution in [0.5, 0.6) is 17.2 Å². The topological polar surface area (TPSA) is 30.9 Å². The second kappa shape index (κ2) is 6.60. The maximum absolute atomic E-state index is 5.52. The maximum atomic E-state index is 5.52. The molecule has 2 aliphatic heterocycles. The first kappa shape index (κ1) is 16.3. The van der Waals surface area contributed by atoms with Crippen molar-refractivity contribution in [1.82, 2.24) is 4.90 Å². The Bertz CT molecular complexity index is 787. The van der Waals surface area contributed by atoms with Gasteiger partial charge in [-0.15, -0.1) is 0 Å². The molecule has 4 rings (SSSR count). The molecule has 0 aliphatic carbocycles. The van der Waals surface area contributed by atoms with Crippen LogP contribution in [0.2, 0.25) is 0 Å². The molecule has 0 aromatic heterocycles. The van der Waals surface area contributed by atoms with Crippen LogP contribution in [0.15, 0.2) is 30.3 Å². The van der Waals surface area contributed by atoms with Crippen molar-refractivity contribution in [2.45, 2.75) is 25.3 Å². The lowest BCUT2D eigenvalue weighted by Gasteiger charge is -2.36. The SMILES string of the molecule is COc1ccc2c(c1)CCN1CCc3cc(OC)c(OC)cc3CC21. The van der Waals surface area contributed by atoms with Gasteiger partial charge in [0.05, 0.1) is 21.3 Å². The molecule has 0 saturated carbocycles. The van der Waals surface area contributed by atoms with Gasteiger partial charge in [-0.1, -0.05) is 6.07 Å². The molecular formula is C21H25NO3. The first-order chi connectivity index (χ1) is 12.2. The Morgan fingerprint density at radius 2 is 1.48 bits per heavy atom. The highest BCUT2D eigenvalue weighted by atomic mass is 16.5. The largest absolute Gasteiger partial charge is 0.497 e. The van der Waals surface area contributed by atoms with E-state index in [-0.39, 0.29) is 0 Å². The van der Waals surface area contributed by atoms with Crippen LogP contribution in [0.3, 0.4) is 0 Å². The fourth-order valence-electron chi connectivity index (χ4n) is 4.23. The fraction of sp³-hybridized carbons (Fsp3) is 0.429. The van der Waals surface area contributed by atoms with Crippen molar-refractivity contribution < 1.29 is 14.2 Å². The lowest BCUT2D eigenvalue weighted by Crippen LogP contribution is -2.36. The molecule has 0 fully saturated rings. The Morgan fingerprint density at radius 1 is 0.800 bits per heavy atom. The van der Waals surface area contributed by atoms with Crippen LogP contribution in [0.4, 0.5) is 0 Å². The highest BCUT2D eigenvalue weighted by Gasteiger charge is 2.31. The van der Waals surface area contributed by atoms with Crippen LogP contribution in [0.25, 0.3) is 0 Å². The van der Waals surface area contributed by atoms with Gasteiger partial charge in [0.2, 0.25) is 0 Å². The zero-order valence-corrected chi connectivity index (χ0v) is 15.2. The molecule has 1 atom stereocenters. The Hall–Kier alpha value is -2.20. The molecular weight excluding hydrogens is 314 g/mol. The highest BCUT2D eigenvalue weighted by molar-refractivity contribution is 5.49.